The molecule has 0 saturated heterocycles. The molecule has 0 N–H and O–H groups in total. The van der Waals surface area contributed by atoms with Crippen molar-refractivity contribution in [2.45, 2.75) is 82.7 Å². The summed E-state index contributed by atoms with van der Waals surface area (Å²) in [5.41, 5.74) is -4.94. The van der Waals surface area contributed by atoms with Crippen LogP contribution in [0, 0.1) is 12.8 Å². The standard InChI is InChI=1S/C32H33F9N6O4/c1-17-11-23-25(47(28-42-44-45(2)43-28)16-18-12-20(30(33,34)35)14-21(13-18)31(36,37)38)5-4-10-46(26(23)15-24(17)32(39,40)41)29(49)51-22-8-6-19(7-9-22)27(48)50-3/h11-15,19,22,25H,4-10,16H2,1-3H3. The summed E-state index contributed by atoms with van der Waals surface area (Å²) in [6.45, 7) is 0.418. The van der Waals surface area contributed by atoms with Crippen molar-refractivity contribution in [3.63, 3.8) is 0 Å². The van der Waals surface area contributed by atoms with E-state index in [9.17, 15) is 49.1 Å². The van der Waals surface area contributed by atoms with Gasteiger partial charge in [0.2, 0.25) is 0 Å². The van der Waals surface area contributed by atoms with Gasteiger partial charge < -0.3 is 14.4 Å². The van der Waals surface area contributed by atoms with Crippen LogP contribution in [0.4, 0.5) is 55.9 Å². The van der Waals surface area contributed by atoms with E-state index in [1.165, 1.54) is 32.0 Å². The quantitative estimate of drug-likeness (QED) is 0.187. The number of nitrogens with zero attached hydrogens (tertiary/aromatic N) is 6. The molecule has 0 spiro atoms. The lowest BCUT2D eigenvalue weighted by molar-refractivity contribution is -0.147. The molecule has 1 amide bonds. The molecule has 0 bridgehead atoms. The zero-order valence-corrected chi connectivity index (χ0v) is 27.5. The number of benzene rings is 2. The first-order valence-corrected chi connectivity index (χ1v) is 15.8. The van der Waals surface area contributed by atoms with E-state index < -0.39 is 71.5 Å². The number of carbonyl (C=O) groups excluding carboxylic acids is 2. The molecule has 1 fully saturated rings. The van der Waals surface area contributed by atoms with Crippen molar-refractivity contribution in [3.05, 3.63) is 63.7 Å². The number of amides is 1. The highest BCUT2D eigenvalue weighted by Gasteiger charge is 2.41. The number of halogens is 9. The average Bonchev–Trinajstić information content (AvgIpc) is 3.39. The van der Waals surface area contributed by atoms with Crippen molar-refractivity contribution in [1.82, 2.24) is 20.2 Å². The molecule has 1 aromatic heterocycles. The largest absolute Gasteiger partial charge is 0.469 e. The second-order valence-corrected chi connectivity index (χ2v) is 12.5. The second kappa shape index (κ2) is 14.2. The van der Waals surface area contributed by atoms with Crippen LogP contribution in [0.25, 0.3) is 0 Å². The van der Waals surface area contributed by atoms with Gasteiger partial charge in [0.1, 0.15) is 6.10 Å². The van der Waals surface area contributed by atoms with Crippen LogP contribution in [0.1, 0.15) is 77.9 Å². The minimum absolute atomic E-state index is 0.0111. The predicted molar refractivity (Wildman–Crippen MR) is 161 cm³/mol. The summed E-state index contributed by atoms with van der Waals surface area (Å²) in [5, 5.41) is 11.8. The SMILES string of the molecule is COC(=O)C1CCC(OC(=O)N2CCCC(N(Cc3cc(C(F)(F)F)cc(C(F)(F)F)c3)c3nnn(C)n3)c3cc(C)c(C(F)(F)F)cc32)CC1. The van der Waals surface area contributed by atoms with Crippen LogP contribution < -0.4 is 9.80 Å². The van der Waals surface area contributed by atoms with Gasteiger partial charge in [-0.2, -0.15) is 44.3 Å². The molecule has 2 heterocycles. The number of alkyl halides is 9. The first kappa shape index (κ1) is 37.7. The van der Waals surface area contributed by atoms with E-state index in [2.05, 4.69) is 15.4 Å². The van der Waals surface area contributed by atoms with Gasteiger partial charge in [-0.1, -0.05) is 11.2 Å². The van der Waals surface area contributed by atoms with Crippen molar-refractivity contribution in [3.8, 4) is 0 Å². The van der Waals surface area contributed by atoms with Gasteiger partial charge in [-0.25, -0.2) is 4.79 Å². The lowest BCUT2D eigenvalue weighted by Crippen LogP contribution is -2.37. The Morgan fingerprint density at radius 3 is 2.04 bits per heavy atom. The number of anilines is 2. The number of carbonyl (C=O) groups is 2. The fraction of sp³-hybridized carbons (Fsp3) is 0.531. The van der Waals surface area contributed by atoms with E-state index in [4.69, 9.17) is 9.47 Å². The monoisotopic (exact) mass is 736 g/mol. The summed E-state index contributed by atoms with van der Waals surface area (Å²) in [5.74, 6) is -1.01. The molecule has 0 radical (unpaired) electrons. The first-order chi connectivity index (χ1) is 23.8. The summed E-state index contributed by atoms with van der Waals surface area (Å²) in [6, 6.07) is 2.00. The maximum atomic E-state index is 14.2. The van der Waals surface area contributed by atoms with Gasteiger partial charge in [-0.05, 0) is 91.6 Å². The maximum Gasteiger partial charge on any atom is 0.416 e. The summed E-state index contributed by atoms with van der Waals surface area (Å²) in [6.07, 6.45) is -15.2. The van der Waals surface area contributed by atoms with Gasteiger partial charge in [0.15, 0.2) is 0 Å². The highest BCUT2D eigenvalue weighted by Crippen LogP contribution is 2.45. The Morgan fingerprint density at radius 1 is 0.882 bits per heavy atom. The van der Waals surface area contributed by atoms with Gasteiger partial charge >= 0.3 is 30.6 Å². The van der Waals surface area contributed by atoms with Crippen molar-refractivity contribution < 1.29 is 58.6 Å². The Bertz CT molecular complexity index is 1720. The molecule has 1 saturated carbocycles. The Balaban J connectivity index is 1.58. The summed E-state index contributed by atoms with van der Waals surface area (Å²) < 4.78 is 136. The lowest BCUT2D eigenvalue weighted by Gasteiger charge is -2.33. The molecule has 278 valence electrons. The van der Waals surface area contributed by atoms with Crippen LogP contribution in [0.3, 0.4) is 0 Å². The minimum Gasteiger partial charge on any atom is -0.469 e. The van der Waals surface area contributed by atoms with Crippen molar-refractivity contribution in [1.29, 1.82) is 0 Å². The highest BCUT2D eigenvalue weighted by atomic mass is 19.4. The number of hydrogen-bond donors (Lipinski definition) is 0. The summed E-state index contributed by atoms with van der Waals surface area (Å²) in [7, 11) is 2.63. The zero-order valence-electron chi connectivity index (χ0n) is 27.5. The van der Waals surface area contributed by atoms with E-state index in [0.29, 0.717) is 37.8 Å². The third kappa shape index (κ3) is 8.49. The number of hydrogen-bond acceptors (Lipinski definition) is 8. The Kier molecular flexibility index (Phi) is 10.5. The Hall–Kier alpha value is -4.58. The molecule has 51 heavy (non-hydrogen) atoms. The smallest absolute Gasteiger partial charge is 0.416 e. The topological polar surface area (TPSA) is 103 Å². The van der Waals surface area contributed by atoms with Crippen LogP contribution in [-0.2, 0) is 46.4 Å². The third-order valence-electron chi connectivity index (χ3n) is 9.02. The first-order valence-electron chi connectivity index (χ1n) is 15.8. The molecule has 10 nitrogen and oxygen atoms in total. The molecular weight excluding hydrogens is 703 g/mol. The van der Waals surface area contributed by atoms with Crippen LogP contribution in [0.2, 0.25) is 0 Å². The fourth-order valence-electron chi connectivity index (χ4n) is 6.56. The molecule has 19 heteroatoms. The normalized spacial score (nSPS) is 20.0. The molecular formula is C32H33F9N6O4. The highest BCUT2D eigenvalue weighted by molar-refractivity contribution is 5.89. The van der Waals surface area contributed by atoms with E-state index in [1.54, 1.807) is 0 Å². The number of rotatable bonds is 6. The number of aryl methyl sites for hydroxylation is 2. The molecule has 2 aliphatic rings. The number of esters is 1. The maximum absolute atomic E-state index is 14.2. The molecule has 1 aliphatic carbocycles. The van der Waals surface area contributed by atoms with Gasteiger partial charge in [-0.3, -0.25) is 9.69 Å². The predicted octanol–water partition coefficient (Wildman–Crippen LogP) is 7.79. The Labute approximate surface area is 285 Å². The third-order valence-corrected chi connectivity index (χ3v) is 9.02. The fourth-order valence-corrected chi connectivity index (χ4v) is 6.56. The summed E-state index contributed by atoms with van der Waals surface area (Å²) in [4.78, 5) is 28.9. The molecule has 1 unspecified atom stereocenters. The van der Waals surface area contributed by atoms with Crippen molar-refractivity contribution >= 4 is 23.7 Å². The van der Waals surface area contributed by atoms with Gasteiger partial charge in [0, 0.05) is 13.1 Å². The Morgan fingerprint density at radius 2 is 1.51 bits per heavy atom. The van der Waals surface area contributed by atoms with Crippen molar-refractivity contribution in [2.24, 2.45) is 13.0 Å². The molecule has 3 aromatic rings. The van der Waals surface area contributed by atoms with E-state index in [1.807, 2.05) is 0 Å². The van der Waals surface area contributed by atoms with Crippen molar-refractivity contribution in [2.75, 3.05) is 23.5 Å². The minimum atomic E-state index is -5.13. The van der Waals surface area contributed by atoms with E-state index >= 15 is 0 Å². The average molecular weight is 737 g/mol. The van der Waals surface area contributed by atoms with Crippen LogP contribution >= 0.6 is 0 Å². The van der Waals surface area contributed by atoms with Gasteiger partial charge in [0.05, 0.1) is 48.5 Å². The van der Waals surface area contributed by atoms with Crippen LogP contribution in [-0.4, -0.2) is 52.0 Å². The lowest BCUT2D eigenvalue weighted by atomic mass is 9.87. The van der Waals surface area contributed by atoms with Crippen LogP contribution in [0.15, 0.2) is 30.3 Å². The zero-order chi connectivity index (χ0) is 37.5. The number of tetrazole rings is 1. The molecule has 2 aromatic carbocycles. The number of ether oxygens (including phenoxy) is 2. The molecule has 5 rings (SSSR count). The molecule has 1 atom stereocenters. The van der Waals surface area contributed by atoms with Crippen LogP contribution in [0.5, 0.6) is 0 Å². The number of fused-ring (bicyclic) bond motifs is 1. The van der Waals surface area contributed by atoms with E-state index in [0.717, 1.165) is 15.8 Å². The molecule has 1 aliphatic heterocycles. The van der Waals surface area contributed by atoms with Gasteiger partial charge in [-0.15, -0.1) is 5.10 Å². The summed E-state index contributed by atoms with van der Waals surface area (Å²) >= 11 is 0. The van der Waals surface area contributed by atoms with Gasteiger partial charge in [0.25, 0.3) is 5.95 Å². The number of methoxy groups -OCH3 is 1. The second-order valence-electron chi connectivity index (χ2n) is 12.5. The number of aromatic nitrogens is 4. The van der Waals surface area contributed by atoms with E-state index in [-0.39, 0.29) is 54.1 Å².